The largest absolute Gasteiger partial charge is 0.465 e. The van der Waals surface area contributed by atoms with Gasteiger partial charge in [0.05, 0.1) is 11.2 Å². The van der Waals surface area contributed by atoms with E-state index in [2.05, 4.69) is 21.2 Å². The number of piperidine rings is 1. The molecule has 0 spiro atoms. The number of nitrogens with zero attached hydrogens (tertiary/aromatic N) is 1. The van der Waals surface area contributed by atoms with Crippen molar-refractivity contribution in [2.45, 2.75) is 43.7 Å². The van der Waals surface area contributed by atoms with Gasteiger partial charge in [0.2, 0.25) is 0 Å². The molecule has 2 aliphatic rings. The molecule has 2 fully saturated rings. The lowest BCUT2D eigenvalue weighted by Crippen LogP contribution is -2.55. The Hall–Kier alpha value is -1.83. The number of nitrogens with one attached hydrogen (secondary N) is 1. The number of halogens is 2. The van der Waals surface area contributed by atoms with Crippen LogP contribution in [0.15, 0.2) is 22.7 Å². The number of carbonyl (C=O) groups excluding carboxylic acids is 1. The normalized spacial score (nSPS) is 25.4. The third kappa shape index (κ3) is 3.07. The quantitative estimate of drug-likeness (QED) is 0.796. The summed E-state index contributed by atoms with van der Waals surface area (Å²) in [6.45, 7) is -0.0201. The standard InChI is InChI=1S/C16H18BrFN2O4/c17-11-4-1-5-12(18)13(11)19-14(21)24-9-16-7-2-3-10(6-8-16)20(16)15(22)23/h1,4-5,10H,2-3,6-9H2,(H,19,21)(H,22,23)/t10-,16+/m1/s1. The summed E-state index contributed by atoms with van der Waals surface area (Å²) in [5, 5.41) is 11.8. The highest BCUT2D eigenvalue weighted by molar-refractivity contribution is 9.10. The molecule has 8 heteroatoms. The number of amides is 2. The van der Waals surface area contributed by atoms with Crippen LogP contribution >= 0.6 is 15.9 Å². The number of para-hydroxylation sites is 1. The Morgan fingerprint density at radius 3 is 2.92 bits per heavy atom. The van der Waals surface area contributed by atoms with Crippen LogP contribution in [0.2, 0.25) is 0 Å². The van der Waals surface area contributed by atoms with Crippen LogP contribution in [0.4, 0.5) is 19.7 Å². The van der Waals surface area contributed by atoms with Gasteiger partial charge in [-0.05, 0) is 60.2 Å². The first-order valence-electron chi connectivity index (χ1n) is 7.83. The van der Waals surface area contributed by atoms with Gasteiger partial charge in [0, 0.05) is 10.5 Å². The topological polar surface area (TPSA) is 78.9 Å². The van der Waals surface area contributed by atoms with Crippen molar-refractivity contribution >= 4 is 33.8 Å². The Labute approximate surface area is 147 Å². The van der Waals surface area contributed by atoms with Crippen molar-refractivity contribution in [3.63, 3.8) is 0 Å². The maximum absolute atomic E-state index is 13.7. The molecule has 2 saturated heterocycles. The van der Waals surface area contributed by atoms with Gasteiger partial charge in [0.1, 0.15) is 12.4 Å². The Morgan fingerprint density at radius 2 is 2.21 bits per heavy atom. The number of hydrogen-bond donors (Lipinski definition) is 2. The predicted octanol–water partition coefficient (Wildman–Crippen LogP) is 4.20. The summed E-state index contributed by atoms with van der Waals surface area (Å²) in [6, 6.07) is 4.35. The minimum absolute atomic E-state index is 0.00281. The van der Waals surface area contributed by atoms with Crippen LogP contribution in [0.25, 0.3) is 0 Å². The second-order valence-corrected chi connectivity index (χ2v) is 7.11. The van der Waals surface area contributed by atoms with Gasteiger partial charge in [-0.2, -0.15) is 0 Å². The molecule has 2 bridgehead atoms. The molecule has 130 valence electrons. The molecule has 2 atom stereocenters. The zero-order chi connectivity index (χ0) is 17.3. The van der Waals surface area contributed by atoms with Crippen molar-refractivity contribution in [3.8, 4) is 0 Å². The van der Waals surface area contributed by atoms with E-state index < -0.39 is 23.5 Å². The Kier molecular flexibility index (Phi) is 4.67. The van der Waals surface area contributed by atoms with Gasteiger partial charge in [0.25, 0.3) is 0 Å². The number of carbonyl (C=O) groups is 2. The second kappa shape index (κ2) is 6.58. The lowest BCUT2D eigenvalue weighted by molar-refractivity contribution is 0.0110. The summed E-state index contributed by atoms with van der Waals surface area (Å²) in [4.78, 5) is 25.0. The first kappa shape index (κ1) is 17.0. The fraction of sp³-hybridized carbons (Fsp3) is 0.500. The van der Waals surface area contributed by atoms with Gasteiger partial charge in [-0.15, -0.1) is 0 Å². The maximum Gasteiger partial charge on any atom is 0.411 e. The summed E-state index contributed by atoms with van der Waals surface area (Å²) in [5.41, 5.74) is -0.651. The number of anilines is 1. The third-order valence-electron chi connectivity index (χ3n) is 4.87. The summed E-state index contributed by atoms with van der Waals surface area (Å²) in [6.07, 6.45) is 2.14. The summed E-state index contributed by atoms with van der Waals surface area (Å²) in [7, 11) is 0. The van der Waals surface area contributed by atoms with E-state index in [-0.39, 0.29) is 18.3 Å². The van der Waals surface area contributed by atoms with Crippen molar-refractivity contribution in [3.05, 3.63) is 28.5 Å². The summed E-state index contributed by atoms with van der Waals surface area (Å²) >= 11 is 3.17. The zero-order valence-corrected chi connectivity index (χ0v) is 14.5. The third-order valence-corrected chi connectivity index (χ3v) is 5.53. The highest BCUT2D eigenvalue weighted by Crippen LogP contribution is 2.44. The Balaban J connectivity index is 1.66. The van der Waals surface area contributed by atoms with Crippen LogP contribution in [0.3, 0.4) is 0 Å². The SMILES string of the molecule is O=C(Nc1c(F)cccc1Br)OC[C@]12CCC[C@H](CC1)N2C(=O)O. The second-order valence-electron chi connectivity index (χ2n) is 6.26. The number of fused-ring (bicyclic) bond motifs is 2. The van der Waals surface area contributed by atoms with E-state index in [1.165, 1.54) is 17.0 Å². The van der Waals surface area contributed by atoms with Gasteiger partial charge >= 0.3 is 12.2 Å². The molecular weight excluding hydrogens is 383 g/mol. The maximum atomic E-state index is 13.7. The number of rotatable bonds is 3. The van der Waals surface area contributed by atoms with Crippen molar-refractivity contribution in [1.82, 2.24) is 4.90 Å². The molecule has 0 saturated carbocycles. The molecular formula is C16H18BrFN2O4. The predicted molar refractivity (Wildman–Crippen MR) is 88.5 cm³/mol. The molecule has 2 N–H and O–H groups in total. The van der Waals surface area contributed by atoms with E-state index in [1.54, 1.807) is 6.07 Å². The van der Waals surface area contributed by atoms with Gasteiger partial charge < -0.3 is 9.84 Å². The highest BCUT2D eigenvalue weighted by Gasteiger charge is 2.52. The van der Waals surface area contributed by atoms with E-state index in [0.717, 1.165) is 19.3 Å². The lowest BCUT2D eigenvalue weighted by Gasteiger charge is -2.42. The molecule has 2 heterocycles. The van der Waals surface area contributed by atoms with Crippen LogP contribution in [0.1, 0.15) is 32.1 Å². The number of ether oxygens (including phenoxy) is 1. The molecule has 24 heavy (non-hydrogen) atoms. The molecule has 1 aromatic rings. The smallest absolute Gasteiger partial charge is 0.411 e. The van der Waals surface area contributed by atoms with E-state index >= 15 is 0 Å². The van der Waals surface area contributed by atoms with Gasteiger partial charge in [-0.1, -0.05) is 6.07 Å². The van der Waals surface area contributed by atoms with Crippen LogP contribution in [-0.4, -0.2) is 40.4 Å². The van der Waals surface area contributed by atoms with Gasteiger partial charge in [-0.3, -0.25) is 10.2 Å². The molecule has 1 aromatic carbocycles. The molecule has 0 radical (unpaired) electrons. The van der Waals surface area contributed by atoms with Crippen LogP contribution in [-0.2, 0) is 4.74 Å². The molecule has 6 nitrogen and oxygen atoms in total. The Morgan fingerprint density at radius 1 is 1.42 bits per heavy atom. The van der Waals surface area contributed by atoms with Crippen molar-refractivity contribution in [2.75, 3.05) is 11.9 Å². The highest BCUT2D eigenvalue weighted by atomic mass is 79.9. The molecule has 0 unspecified atom stereocenters. The van der Waals surface area contributed by atoms with Crippen molar-refractivity contribution in [1.29, 1.82) is 0 Å². The molecule has 2 aliphatic heterocycles. The van der Waals surface area contributed by atoms with E-state index in [4.69, 9.17) is 4.74 Å². The van der Waals surface area contributed by atoms with Crippen molar-refractivity contribution < 1.29 is 23.8 Å². The fourth-order valence-electron chi connectivity index (χ4n) is 3.79. The zero-order valence-electron chi connectivity index (χ0n) is 12.9. The van der Waals surface area contributed by atoms with Crippen molar-refractivity contribution in [2.24, 2.45) is 0 Å². The number of hydrogen-bond acceptors (Lipinski definition) is 3. The molecule has 0 aliphatic carbocycles. The molecule has 3 rings (SSSR count). The first-order valence-corrected chi connectivity index (χ1v) is 8.62. The van der Waals surface area contributed by atoms with Crippen LogP contribution < -0.4 is 5.32 Å². The monoisotopic (exact) mass is 400 g/mol. The lowest BCUT2D eigenvalue weighted by atomic mass is 9.89. The fourth-order valence-corrected chi connectivity index (χ4v) is 4.23. The van der Waals surface area contributed by atoms with Gasteiger partial charge in [0.15, 0.2) is 0 Å². The first-order chi connectivity index (χ1) is 11.4. The Bertz CT molecular complexity index is 647. The summed E-state index contributed by atoms with van der Waals surface area (Å²) < 4.78 is 19.4. The van der Waals surface area contributed by atoms with Crippen LogP contribution in [0, 0.1) is 5.82 Å². The average Bonchev–Trinajstić information content (AvgIpc) is 2.76. The minimum atomic E-state index is -0.974. The van der Waals surface area contributed by atoms with Crippen LogP contribution in [0.5, 0.6) is 0 Å². The van der Waals surface area contributed by atoms with E-state index in [0.29, 0.717) is 17.3 Å². The van der Waals surface area contributed by atoms with Gasteiger partial charge in [-0.25, -0.2) is 14.0 Å². The van der Waals surface area contributed by atoms with E-state index in [9.17, 15) is 19.1 Å². The van der Waals surface area contributed by atoms with E-state index in [1.807, 2.05) is 0 Å². The molecule has 2 amide bonds. The molecule has 0 aromatic heterocycles. The minimum Gasteiger partial charge on any atom is -0.465 e. The average molecular weight is 401 g/mol. The number of benzene rings is 1. The summed E-state index contributed by atoms with van der Waals surface area (Å²) in [5.74, 6) is -0.578. The number of carboxylic acid groups (broad SMARTS) is 1.